The molecular formula is C11H12N4O6S. The molecule has 0 aromatic heterocycles. The number of methoxy groups -OCH3 is 1. The summed E-state index contributed by atoms with van der Waals surface area (Å²) in [4.78, 5) is 20.9. The fourth-order valence-electron chi connectivity index (χ4n) is 1.42. The maximum Gasteiger partial charge on any atom is 0.341 e. The highest BCUT2D eigenvalue weighted by atomic mass is 32.1. The molecule has 0 amide bonds. The first kappa shape index (κ1) is 17.1. The second-order valence-corrected chi connectivity index (χ2v) is 4.18. The quantitative estimate of drug-likeness (QED) is 0.277. The van der Waals surface area contributed by atoms with Crippen LogP contribution in [0.5, 0.6) is 11.5 Å². The lowest BCUT2D eigenvalue weighted by atomic mass is 10.1. The van der Waals surface area contributed by atoms with Gasteiger partial charge in [-0.25, -0.2) is 4.79 Å². The molecule has 22 heavy (non-hydrogen) atoms. The number of nitrogens with two attached hydrogens (primary N) is 1. The van der Waals surface area contributed by atoms with Gasteiger partial charge in [-0.15, -0.1) is 0 Å². The Balaban J connectivity index is 3.28. The van der Waals surface area contributed by atoms with Crippen molar-refractivity contribution in [3.63, 3.8) is 0 Å². The maximum atomic E-state index is 10.9. The normalized spacial score (nSPS) is 10.2. The van der Waals surface area contributed by atoms with E-state index in [1.165, 1.54) is 7.11 Å². The predicted octanol–water partition coefficient (Wildman–Crippen LogP) is 0.234. The van der Waals surface area contributed by atoms with Gasteiger partial charge in [-0.3, -0.25) is 15.5 Å². The average molecular weight is 328 g/mol. The number of non-ortho nitro benzene ring substituents is 1. The summed E-state index contributed by atoms with van der Waals surface area (Å²) in [5, 5.41) is 23.1. The number of nitrogens with one attached hydrogen (secondary N) is 1. The average Bonchev–Trinajstić information content (AvgIpc) is 2.44. The van der Waals surface area contributed by atoms with Crippen molar-refractivity contribution < 1.29 is 24.3 Å². The van der Waals surface area contributed by atoms with E-state index in [2.05, 4.69) is 22.7 Å². The van der Waals surface area contributed by atoms with E-state index in [9.17, 15) is 14.9 Å². The Morgan fingerprint density at radius 2 is 2.32 bits per heavy atom. The minimum absolute atomic E-state index is 0.00720. The molecule has 0 radical (unpaired) electrons. The van der Waals surface area contributed by atoms with Crippen molar-refractivity contribution in [3.05, 3.63) is 27.8 Å². The van der Waals surface area contributed by atoms with Crippen LogP contribution in [0.25, 0.3) is 0 Å². The van der Waals surface area contributed by atoms with Gasteiger partial charge in [0.2, 0.25) is 0 Å². The van der Waals surface area contributed by atoms with Crippen LogP contribution in [0.4, 0.5) is 5.69 Å². The van der Waals surface area contributed by atoms with E-state index >= 15 is 0 Å². The van der Waals surface area contributed by atoms with Gasteiger partial charge in [-0.05, 0) is 12.2 Å². The Morgan fingerprint density at radius 1 is 1.64 bits per heavy atom. The number of nitro benzene ring substituents is 1. The van der Waals surface area contributed by atoms with E-state index in [1.54, 1.807) is 0 Å². The summed E-state index contributed by atoms with van der Waals surface area (Å²) < 4.78 is 10.1. The fourth-order valence-corrected chi connectivity index (χ4v) is 1.47. The number of hydrogen-bond acceptors (Lipinski definition) is 7. The maximum absolute atomic E-state index is 10.9. The van der Waals surface area contributed by atoms with Crippen LogP contribution < -0.4 is 20.6 Å². The molecule has 0 saturated carbocycles. The lowest BCUT2D eigenvalue weighted by Crippen LogP contribution is -2.24. The molecule has 1 rings (SSSR count). The lowest BCUT2D eigenvalue weighted by Gasteiger charge is -2.11. The summed E-state index contributed by atoms with van der Waals surface area (Å²) in [5.41, 5.74) is 7.30. The van der Waals surface area contributed by atoms with Crippen LogP contribution in [0.3, 0.4) is 0 Å². The number of carboxylic acids is 1. The van der Waals surface area contributed by atoms with Crippen LogP contribution in [0.2, 0.25) is 0 Å². The highest BCUT2D eigenvalue weighted by Crippen LogP contribution is 2.34. The lowest BCUT2D eigenvalue weighted by molar-refractivity contribution is -0.385. The van der Waals surface area contributed by atoms with Gasteiger partial charge in [0.15, 0.2) is 23.2 Å². The van der Waals surface area contributed by atoms with Crippen LogP contribution in [0, 0.1) is 10.1 Å². The summed E-state index contributed by atoms with van der Waals surface area (Å²) in [5.74, 6) is -1.24. The molecular weight excluding hydrogens is 316 g/mol. The highest BCUT2D eigenvalue weighted by molar-refractivity contribution is 7.80. The predicted molar refractivity (Wildman–Crippen MR) is 80.3 cm³/mol. The molecule has 0 unspecified atom stereocenters. The Bertz CT molecular complexity index is 633. The number of carboxylic acid groups (broad SMARTS) is 1. The van der Waals surface area contributed by atoms with E-state index < -0.39 is 17.5 Å². The van der Waals surface area contributed by atoms with Gasteiger partial charge in [0.05, 0.1) is 24.3 Å². The third-order valence-corrected chi connectivity index (χ3v) is 2.31. The van der Waals surface area contributed by atoms with Crippen molar-refractivity contribution in [3.8, 4) is 11.5 Å². The zero-order chi connectivity index (χ0) is 16.7. The Hall–Kier alpha value is -2.95. The third-order valence-electron chi connectivity index (χ3n) is 2.22. The van der Waals surface area contributed by atoms with E-state index in [4.69, 9.17) is 20.3 Å². The monoisotopic (exact) mass is 328 g/mol. The van der Waals surface area contributed by atoms with E-state index in [-0.39, 0.29) is 27.9 Å². The molecule has 0 saturated heterocycles. The number of thiocarbonyl (C=S) groups is 1. The number of nitrogens with zero attached hydrogens (tertiary/aromatic N) is 2. The second kappa shape index (κ2) is 7.73. The van der Waals surface area contributed by atoms with Crippen molar-refractivity contribution in [2.45, 2.75) is 0 Å². The van der Waals surface area contributed by atoms with Gasteiger partial charge < -0.3 is 20.3 Å². The molecule has 10 nitrogen and oxygen atoms in total. The molecule has 118 valence electrons. The van der Waals surface area contributed by atoms with Gasteiger partial charge in [-0.2, -0.15) is 5.10 Å². The number of ether oxygens (including phenoxy) is 2. The number of rotatable bonds is 7. The molecule has 0 spiro atoms. The molecule has 4 N–H and O–H groups in total. The van der Waals surface area contributed by atoms with Gasteiger partial charge >= 0.3 is 5.97 Å². The number of aliphatic carboxylic acids is 1. The Morgan fingerprint density at radius 3 is 2.82 bits per heavy atom. The Labute approximate surface area is 129 Å². The number of benzene rings is 1. The van der Waals surface area contributed by atoms with Gasteiger partial charge in [0.25, 0.3) is 5.69 Å². The van der Waals surface area contributed by atoms with Gasteiger partial charge in [0.1, 0.15) is 0 Å². The minimum atomic E-state index is -1.22. The SMILES string of the molecule is COc1cc([N+](=O)[O-])cc(C=NNC(N)=S)c1OCC(=O)O. The molecule has 0 aliphatic heterocycles. The van der Waals surface area contributed by atoms with Crippen molar-refractivity contribution >= 4 is 35.2 Å². The van der Waals surface area contributed by atoms with E-state index in [1.807, 2.05) is 0 Å². The third kappa shape index (κ3) is 4.86. The molecule has 0 aliphatic carbocycles. The number of carbonyl (C=O) groups is 1. The largest absolute Gasteiger partial charge is 0.493 e. The minimum Gasteiger partial charge on any atom is -0.493 e. The fraction of sp³-hybridized carbons (Fsp3) is 0.182. The molecule has 1 aromatic carbocycles. The molecule has 11 heteroatoms. The van der Waals surface area contributed by atoms with Crippen molar-refractivity contribution in [1.29, 1.82) is 0 Å². The van der Waals surface area contributed by atoms with Crippen molar-refractivity contribution in [2.24, 2.45) is 10.8 Å². The van der Waals surface area contributed by atoms with E-state index in [0.29, 0.717) is 0 Å². The topological polar surface area (TPSA) is 149 Å². The molecule has 0 bridgehead atoms. The Kier molecular flexibility index (Phi) is 6.01. The first-order valence-electron chi connectivity index (χ1n) is 5.64. The number of nitro groups is 1. The van der Waals surface area contributed by atoms with Crippen LogP contribution >= 0.6 is 12.2 Å². The molecule has 0 aliphatic rings. The summed E-state index contributed by atoms with van der Waals surface area (Å²) in [6, 6.07) is 2.25. The first-order valence-corrected chi connectivity index (χ1v) is 6.05. The van der Waals surface area contributed by atoms with Crippen molar-refractivity contribution in [1.82, 2.24) is 5.43 Å². The zero-order valence-electron chi connectivity index (χ0n) is 11.3. The molecule has 0 fully saturated rings. The van der Waals surface area contributed by atoms with Crippen LogP contribution in [0.15, 0.2) is 17.2 Å². The number of hydrazone groups is 1. The standard InChI is InChI=1S/C11H12N4O6S/c1-20-8-3-7(15(18)19)2-6(4-13-14-11(12)22)10(8)21-5-9(16)17/h2-4H,5H2,1H3,(H,16,17)(H3,12,14,22). The highest BCUT2D eigenvalue weighted by Gasteiger charge is 2.18. The summed E-state index contributed by atoms with van der Waals surface area (Å²) in [6.07, 6.45) is 1.14. The van der Waals surface area contributed by atoms with Gasteiger partial charge in [0, 0.05) is 11.6 Å². The second-order valence-electron chi connectivity index (χ2n) is 3.74. The van der Waals surface area contributed by atoms with E-state index in [0.717, 1.165) is 18.3 Å². The first-order chi connectivity index (χ1) is 10.3. The molecule has 0 atom stereocenters. The summed E-state index contributed by atoms with van der Waals surface area (Å²) in [6.45, 7) is -0.655. The van der Waals surface area contributed by atoms with Gasteiger partial charge in [-0.1, -0.05) is 0 Å². The number of hydrogen-bond donors (Lipinski definition) is 3. The summed E-state index contributed by atoms with van der Waals surface area (Å²) in [7, 11) is 1.26. The smallest absolute Gasteiger partial charge is 0.341 e. The van der Waals surface area contributed by atoms with Crippen LogP contribution in [-0.4, -0.2) is 41.0 Å². The van der Waals surface area contributed by atoms with Crippen molar-refractivity contribution in [2.75, 3.05) is 13.7 Å². The van der Waals surface area contributed by atoms with Crippen LogP contribution in [0.1, 0.15) is 5.56 Å². The van der Waals surface area contributed by atoms with Crippen LogP contribution in [-0.2, 0) is 4.79 Å². The summed E-state index contributed by atoms with van der Waals surface area (Å²) >= 11 is 4.56. The zero-order valence-corrected chi connectivity index (χ0v) is 12.1. The molecule has 0 heterocycles. The molecule has 1 aromatic rings.